The van der Waals surface area contributed by atoms with Crippen LogP contribution in [0.5, 0.6) is 0 Å². The van der Waals surface area contributed by atoms with Crippen molar-refractivity contribution < 1.29 is 5.11 Å². The molecule has 0 saturated heterocycles. The fourth-order valence-corrected chi connectivity index (χ4v) is 2.42. The quantitative estimate of drug-likeness (QED) is 0.784. The normalized spacial score (nSPS) is 12.1. The first-order valence-corrected chi connectivity index (χ1v) is 7.35. The zero-order chi connectivity index (χ0) is 14.3. The van der Waals surface area contributed by atoms with Crippen LogP contribution in [0.15, 0.2) is 18.2 Å². The SMILES string of the molecule is CCN(Cc1cccc(C)n1)CC(CC)(CC)CO. The van der Waals surface area contributed by atoms with Crippen LogP contribution in [-0.4, -0.2) is 34.7 Å². The van der Waals surface area contributed by atoms with Gasteiger partial charge in [-0.25, -0.2) is 0 Å². The Bertz CT molecular complexity index is 367. The zero-order valence-corrected chi connectivity index (χ0v) is 12.8. The van der Waals surface area contributed by atoms with Gasteiger partial charge in [0, 0.05) is 30.8 Å². The van der Waals surface area contributed by atoms with Gasteiger partial charge in [0.05, 0.1) is 5.69 Å². The molecule has 19 heavy (non-hydrogen) atoms. The topological polar surface area (TPSA) is 36.4 Å². The van der Waals surface area contributed by atoms with E-state index >= 15 is 0 Å². The molecule has 0 fully saturated rings. The van der Waals surface area contributed by atoms with E-state index in [0.29, 0.717) is 0 Å². The lowest BCUT2D eigenvalue weighted by molar-refractivity contribution is 0.0642. The summed E-state index contributed by atoms with van der Waals surface area (Å²) in [5.41, 5.74) is 2.20. The van der Waals surface area contributed by atoms with E-state index in [4.69, 9.17) is 0 Å². The van der Waals surface area contributed by atoms with E-state index < -0.39 is 0 Å². The van der Waals surface area contributed by atoms with Gasteiger partial charge in [0.15, 0.2) is 0 Å². The van der Waals surface area contributed by atoms with Crippen LogP contribution in [0.4, 0.5) is 0 Å². The average Bonchev–Trinajstić information content (AvgIpc) is 2.44. The molecule has 0 spiro atoms. The van der Waals surface area contributed by atoms with E-state index in [2.05, 4.69) is 42.8 Å². The van der Waals surface area contributed by atoms with Crippen LogP contribution in [-0.2, 0) is 6.54 Å². The number of rotatable bonds is 8. The first-order valence-electron chi connectivity index (χ1n) is 7.35. The smallest absolute Gasteiger partial charge is 0.0547 e. The number of aromatic nitrogens is 1. The van der Waals surface area contributed by atoms with Gasteiger partial charge in [-0.3, -0.25) is 9.88 Å². The van der Waals surface area contributed by atoms with Gasteiger partial charge in [-0.15, -0.1) is 0 Å². The summed E-state index contributed by atoms with van der Waals surface area (Å²) >= 11 is 0. The van der Waals surface area contributed by atoms with Crippen LogP contribution in [0.2, 0.25) is 0 Å². The van der Waals surface area contributed by atoms with Crippen molar-refractivity contribution in [1.29, 1.82) is 0 Å². The average molecular weight is 264 g/mol. The van der Waals surface area contributed by atoms with E-state index in [-0.39, 0.29) is 12.0 Å². The first kappa shape index (κ1) is 16.1. The molecule has 0 bridgehead atoms. The molecule has 1 N–H and O–H groups in total. The number of aryl methyl sites for hydroxylation is 1. The lowest BCUT2D eigenvalue weighted by Gasteiger charge is -2.35. The molecule has 0 atom stereocenters. The molecule has 1 rings (SSSR count). The van der Waals surface area contributed by atoms with Gasteiger partial charge in [-0.05, 0) is 38.4 Å². The zero-order valence-electron chi connectivity index (χ0n) is 12.8. The van der Waals surface area contributed by atoms with Gasteiger partial charge in [-0.2, -0.15) is 0 Å². The van der Waals surface area contributed by atoms with Gasteiger partial charge in [0.1, 0.15) is 0 Å². The van der Waals surface area contributed by atoms with Crippen LogP contribution in [0, 0.1) is 12.3 Å². The molecule has 0 aliphatic carbocycles. The van der Waals surface area contributed by atoms with E-state index in [1.807, 2.05) is 13.0 Å². The molecule has 0 aromatic carbocycles. The van der Waals surface area contributed by atoms with Gasteiger partial charge in [-0.1, -0.05) is 26.8 Å². The predicted octanol–water partition coefficient (Wildman–Crippen LogP) is 3.01. The highest BCUT2D eigenvalue weighted by molar-refractivity contribution is 5.09. The Morgan fingerprint density at radius 1 is 1.21 bits per heavy atom. The Morgan fingerprint density at radius 3 is 2.37 bits per heavy atom. The van der Waals surface area contributed by atoms with E-state index in [9.17, 15) is 5.11 Å². The second-order valence-electron chi connectivity index (χ2n) is 5.44. The molecule has 1 heterocycles. The summed E-state index contributed by atoms with van der Waals surface area (Å²) < 4.78 is 0. The maximum Gasteiger partial charge on any atom is 0.0547 e. The fraction of sp³-hybridized carbons (Fsp3) is 0.688. The summed E-state index contributed by atoms with van der Waals surface area (Å²) in [6, 6.07) is 6.16. The molecule has 108 valence electrons. The van der Waals surface area contributed by atoms with Crippen LogP contribution >= 0.6 is 0 Å². The Morgan fingerprint density at radius 2 is 1.89 bits per heavy atom. The van der Waals surface area contributed by atoms with E-state index in [1.165, 1.54) is 0 Å². The second-order valence-corrected chi connectivity index (χ2v) is 5.44. The molecule has 0 amide bonds. The highest BCUT2D eigenvalue weighted by Crippen LogP contribution is 2.27. The molecule has 0 radical (unpaired) electrons. The summed E-state index contributed by atoms with van der Waals surface area (Å²) in [7, 11) is 0. The number of aliphatic hydroxyl groups is 1. The molecular formula is C16H28N2O. The van der Waals surface area contributed by atoms with Crippen LogP contribution < -0.4 is 0 Å². The molecule has 0 unspecified atom stereocenters. The third-order valence-electron chi connectivity index (χ3n) is 4.17. The number of nitrogens with zero attached hydrogens (tertiary/aromatic N) is 2. The van der Waals surface area contributed by atoms with Gasteiger partial charge in [0.2, 0.25) is 0 Å². The molecule has 1 aromatic heterocycles. The minimum Gasteiger partial charge on any atom is -0.396 e. The maximum absolute atomic E-state index is 9.69. The van der Waals surface area contributed by atoms with Crippen molar-refractivity contribution in [3.05, 3.63) is 29.6 Å². The minimum atomic E-state index is 0.0276. The Balaban J connectivity index is 2.73. The monoisotopic (exact) mass is 264 g/mol. The maximum atomic E-state index is 9.69. The van der Waals surface area contributed by atoms with Crippen molar-refractivity contribution in [2.45, 2.75) is 47.1 Å². The summed E-state index contributed by atoms with van der Waals surface area (Å²) in [5, 5.41) is 9.69. The second kappa shape index (κ2) is 7.61. The molecular weight excluding hydrogens is 236 g/mol. The summed E-state index contributed by atoms with van der Waals surface area (Å²) in [6.45, 7) is 11.6. The number of hydrogen-bond acceptors (Lipinski definition) is 3. The largest absolute Gasteiger partial charge is 0.396 e. The predicted molar refractivity (Wildman–Crippen MR) is 80.0 cm³/mol. The standard InChI is InChI=1S/C16H28N2O/c1-5-16(6-2,13-19)12-18(7-3)11-15-10-8-9-14(4)17-15/h8-10,19H,5-7,11-13H2,1-4H3. The third-order valence-corrected chi connectivity index (χ3v) is 4.17. The van der Waals surface area contributed by atoms with Crippen LogP contribution in [0.25, 0.3) is 0 Å². The lowest BCUT2D eigenvalue weighted by atomic mass is 9.82. The fourth-order valence-electron chi connectivity index (χ4n) is 2.42. The molecule has 3 nitrogen and oxygen atoms in total. The highest BCUT2D eigenvalue weighted by Gasteiger charge is 2.27. The van der Waals surface area contributed by atoms with Crippen LogP contribution in [0.1, 0.15) is 45.0 Å². The molecule has 1 aromatic rings. The molecule has 0 saturated carbocycles. The van der Waals surface area contributed by atoms with Gasteiger partial charge in [0.25, 0.3) is 0 Å². The van der Waals surface area contributed by atoms with Crippen molar-refractivity contribution in [2.24, 2.45) is 5.41 Å². The van der Waals surface area contributed by atoms with E-state index in [0.717, 1.165) is 43.9 Å². The van der Waals surface area contributed by atoms with Gasteiger partial charge < -0.3 is 5.11 Å². The van der Waals surface area contributed by atoms with Crippen molar-refractivity contribution in [1.82, 2.24) is 9.88 Å². The van der Waals surface area contributed by atoms with Gasteiger partial charge >= 0.3 is 0 Å². The van der Waals surface area contributed by atoms with E-state index in [1.54, 1.807) is 0 Å². The number of aliphatic hydroxyl groups excluding tert-OH is 1. The number of hydrogen-bond donors (Lipinski definition) is 1. The molecule has 0 aliphatic heterocycles. The summed E-state index contributed by atoms with van der Waals surface area (Å²) in [4.78, 5) is 6.94. The highest BCUT2D eigenvalue weighted by atomic mass is 16.3. The first-order chi connectivity index (χ1) is 9.09. The molecule has 0 aliphatic rings. The third kappa shape index (κ3) is 4.59. The van der Waals surface area contributed by atoms with Crippen LogP contribution in [0.3, 0.4) is 0 Å². The molecule has 3 heteroatoms. The Hall–Kier alpha value is -0.930. The minimum absolute atomic E-state index is 0.0276. The van der Waals surface area contributed by atoms with Crippen molar-refractivity contribution in [3.63, 3.8) is 0 Å². The Kier molecular flexibility index (Phi) is 6.46. The van der Waals surface area contributed by atoms with Crippen molar-refractivity contribution >= 4 is 0 Å². The van der Waals surface area contributed by atoms with Crippen molar-refractivity contribution in [3.8, 4) is 0 Å². The lowest BCUT2D eigenvalue weighted by Crippen LogP contribution is -2.39. The summed E-state index contributed by atoms with van der Waals surface area (Å²) in [6.07, 6.45) is 2.02. The number of pyridine rings is 1. The van der Waals surface area contributed by atoms with Crippen molar-refractivity contribution in [2.75, 3.05) is 19.7 Å². The summed E-state index contributed by atoms with van der Waals surface area (Å²) in [5.74, 6) is 0. The Labute approximate surface area is 117 Å².